The molecular weight excluding hydrogens is 244 g/mol. The van der Waals surface area contributed by atoms with Crippen molar-refractivity contribution >= 4 is 5.97 Å². The predicted molar refractivity (Wildman–Crippen MR) is 69.3 cm³/mol. The molecule has 1 aromatic heterocycles. The van der Waals surface area contributed by atoms with Crippen molar-refractivity contribution in [2.75, 3.05) is 6.61 Å². The van der Waals surface area contributed by atoms with Crippen LogP contribution in [0, 0.1) is 6.92 Å². The van der Waals surface area contributed by atoms with Gasteiger partial charge in [0.05, 0.1) is 18.7 Å². The van der Waals surface area contributed by atoms with Crippen LogP contribution in [0.2, 0.25) is 0 Å². The Hall–Kier alpha value is -2.30. The molecule has 5 nitrogen and oxygen atoms in total. The summed E-state index contributed by atoms with van der Waals surface area (Å²) in [7, 11) is 0. The number of H-pyrrole nitrogens is 1. The largest absolute Gasteiger partial charge is 0.493 e. The number of aliphatic carboxylic acids is 1. The van der Waals surface area contributed by atoms with E-state index in [1.807, 2.05) is 19.1 Å². The standard InChI is InChI=1S/C14H14N2O3/c1-8-14(11(16-15-8)7-13(17)18)10-2-3-12-9(6-10)4-5-19-12/h2-3,6H,4-5,7H2,1H3,(H,15,16)(H,17,18). The molecule has 0 aliphatic carbocycles. The first kappa shape index (κ1) is 11.8. The Kier molecular flexibility index (Phi) is 2.74. The summed E-state index contributed by atoms with van der Waals surface area (Å²) in [6.45, 7) is 2.61. The van der Waals surface area contributed by atoms with Crippen LogP contribution in [0.5, 0.6) is 5.75 Å². The summed E-state index contributed by atoms with van der Waals surface area (Å²) in [6.07, 6.45) is 0.821. The zero-order chi connectivity index (χ0) is 13.4. The molecule has 0 bridgehead atoms. The van der Waals surface area contributed by atoms with Crippen LogP contribution in [0.4, 0.5) is 0 Å². The number of carboxylic acid groups (broad SMARTS) is 1. The Morgan fingerprint density at radius 2 is 2.37 bits per heavy atom. The van der Waals surface area contributed by atoms with Gasteiger partial charge in [-0.1, -0.05) is 6.07 Å². The van der Waals surface area contributed by atoms with Crippen molar-refractivity contribution in [3.63, 3.8) is 0 Å². The third kappa shape index (κ3) is 2.07. The van der Waals surface area contributed by atoms with Crippen molar-refractivity contribution in [2.24, 2.45) is 0 Å². The van der Waals surface area contributed by atoms with E-state index in [1.54, 1.807) is 0 Å². The van der Waals surface area contributed by atoms with Crippen molar-refractivity contribution in [2.45, 2.75) is 19.8 Å². The number of nitrogens with one attached hydrogen (secondary N) is 1. The molecule has 0 amide bonds. The van der Waals surface area contributed by atoms with Crippen LogP contribution >= 0.6 is 0 Å². The lowest BCUT2D eigenvalue weighted by Gasteiger charge is -2.05. The SMILES string of the molecule is Cc1[nH]nc(CC(=O)O)c1-c1ccc2c(c1)CCO2. The monoisotopic (exact) mass is 258 g/mol. The number of aromatic nitrogens is 2. The highest BCUT2D eigenvalue weighted by atomic mass is 16.5. The summed E-state index contributed by atoms with van der Waals surface area (Å²) in [4.78, 5) is 10.9. The summed E-state index contributed by atoms with van der Waals surface area (Å²) < 4.78 is 5.48. The molecule has 2 heterocycles. The van der Waals surface area contributed by atoms with Gasteiger partial charge in [-0.25, -0.2) is 0 Å². The minimum absolute atomic E-state index is 0.0761. The molecule has 2 N–H and O–H groups in total. The van der Waals surface area contributed by atoms with Gasteiger partial charge >= 0.3 is 5.97 Å². The number of carbonyl (C=O) groups is 1. The van der Waals surface area contributed by atoms with Crippen LogP contribution in [0.3, 0.4) is 0 Å². The van der Waals surface area contributed by atoms with E-state index < -0.39 is 5.97 Å². The van der Waals surface area contributed by atoms with Gasteiger partial charge in [0.15, 0.2) is 0 Å². The number of aromatic amines is 1. The van der Waals surface area contributed by atoms with Crippen molar-refractivity contribution in [3.8, 4) is 16.9 Å². The molecular formula is C14H14N2O3. The first-order chi connectivity index (χ1) is 9.15. The van der Waals surface area contributed by atoms with Crippen LogP contribution in [0.25, 0.3) is 11.1 Å². The maximum atomic E-state index is 10.9. The van der Waals surface area contributed by atoms with E-state index in [1.165, 1.54) is 5.56 Å². The second kappa shape index (κ2) is 4.42. The average molecular weight is 258 g/mol. The fourth-order valence-corrected chi connectivity index (χ4v) is 2.48. The number of hydrogen-bond donors (Lipinski definition) is 2. The normalized spacial score (nSPS) is 13.1. The van der Waals surface area contributed by atoms with Gasteiger partial charge in [0.25, 0.3) is 0 Å². The molecule has 1 aliphatic rings. The van der Waals surface area contributed by atoms with Crippen LogP contribution < -0.4 is 4.74 Å². The molecule has 1 aromatic carbocycles. The fourth-order valence-electron chi connectivity index (χ4n) is 2.48. The smallest absolute Gasteiger partial charge is 0.309 e. The Balaban J connectivity index is 2.06. The van der Waals surface area contributed by atoms with Crippen LogP contribution in [-0.2, 0) is 17.6 Å². The zero-order valence-corrected chi connectivity index (χ0v) is 10.6. The third-order valence-electron chi connectivity index (χ3n) is 3.32. The maximum Gasteiger partial charge on any atom is 0.309 e. The Bertz CT molecular complexity index is 646. The molecule has 19 heavy (non-hydrogen) atoms. The van der Waals surface area contributed by atoms with E-state index in [9.17, 15) is 4.79 Å². The quantitative estimate of drug-likeness (QED) is 0.882. The summed E-state index contributed by atoms with van der Waals surface area (Å²) in [5.41, 5.74) is 4.50. The highest BCUT2D eigenvalue weighted by Crippen LogP contribution is 2.33. The summed E-state index contributed by atoms with van der Waals surface area (Å²) in [5, 5.41) is 15.9. The first-order valence-electron chi connectivity index (χ1n) is 6.17. The maximum absolute atomic E-state index is 10.9. The number of aryl methyl sites for hydroxylation is 1. The number of ether oxygens (including phenoxy) is 1. The van der Waals surface area contributed by atoms with Crippen LogP contribution in [0.15, 0.2) is 18.2 Å². The number of rotatable bonds is 3. The topological polar surface area (TPSA) is 75.2 Å². The highest BCUT2D eigenvalue weighted by Gasteiger charge is 2.18. The van der Waals surface area contributed by atoms with Gasteiger partial charge in [0, 0.05) is 17.7 Å². The Labute approximate surface area is 110 Å². The lowest BCUT2D eigenvalue weighted by molar-refractivity contribution is -0.136. The van der Waals surface area contributed by atoms with E-state index in [-0.39, 0.29) is 6.42 Å². The zero-order valence-electron chi connectivity index (χ0n) is 10.6. The molecule has 0 atom stereocenters. The molecule has 3 rings (SSSR count). The van der Waals surface area contributed by atoms with E-state index in [2.05, 4.69) is 16.3 Å². The van der Waals surface area contributed by atoms with Gasteiger partial charge in [-0.3, -0.25) is 9.89 Å². The second-order valence-corrected chi connectivity index (χ2v) is 4.66. The molecule has 98 valence electrons. The summed E-state index contributed by atoms with van der Waals surface area (Å²) in [6, 6.07) is 5.95. The molecule has 5 heteroatoms. The van der Waals surface area contributed by atoms with Gasteiger partial charge in [-0.05, 0) is 30.2 Å². The molecule has 0 fully saturated rings. The minimum Gasteiger partial charge on any atom is -0.493 e. The molecule has 0 radical (unpaired) electrons. The summed E-state index contributed by atoms with van der Waals surface area (Å²) >= 11 is 0. The molecule has 0 saturated carbocycles. The van der Waals surface area contributed by atoms with E-state index in [4.69, 9.17) is 9.84 Å². The molecule has 2 aromatic rings. The van der Waals surface area contributed by atoms with Crippen LogP contribution in [-0.4, -0.2) is 27.9 Å². The number of fused-ring (bicyclic) bond motifs is 1. The van der Waals surface area contributed by atoms with Crippen molar-refractivity contribution in [1.29, 1.82) is 0 Å². The predicted octanol–water partition coefficient (Wildman–Crippen LogP) is 1.95. The minimum atomic E-state index is -0.878. The first-order valence-corrected chi connectivity index (χ1v) is 6.17. The third-order valence-corrected chi connectivity index (χ3v) is 3.32. The molecule has 1 aliphatic heterocycles. The van der Waals surface area contributed by atoms with Crippen LogP contribution in [0.1, 0.15) is 17.0 Å². The van der Waals surface area contributed by atoms with Gasteiger partial charge in [-0.15, -0.1) is 0 Å². The molecule has 0 unspecified atom stereocenters. The van der Waals surface area contributed by atoms with E-state index in [0.717, 1.165) is 29.0 Å². The average Bonchev–Trinajstić information content (AvgIpc) is 2.94. The van der Waals surface area contributed by atoms with Crippen molar-refractivity contribution in [1.82, 2.24) is 10.2 Å². The van der Waals surface area contributed by atoms with E-state index in [0.29, 0.717) is 12.3 Å². The number of benzene rings is 1. The fraction of sp³-hybridized carbons (Fsp3) is 0.286. The van der Waals surface area contributed by atoms with Gasteiger partial charge < -0.3 is 9.84 Å². The van der Waals surface area contributed by atoms with Gasteiger partial charge in [-0.2, -0.15) is 5.10 Å². The van der Waals surface area contributed by atoms with Gasteiger partial charge in [0.1, 0.15) is 5.75 Å². The lowest BCUT2D eigenvalue weighted by atomic mass is 9.99. The lowest BCUT2D eigenvalue weighted by Crippen LogP contribution is -2.02. The number of carboxylic acids is 1. The number of hydrogen-bond acceptors (Lipinski definition) is 3. The molecule has 0 spiro atoms. The van der Waals surface area contributed by atoms with Crippen molar-refractivity contribution in [3.05, 3.63) is 35.2 Å². The summed E-state index contributed by atoms with van der Waals surface area (Å²) in [5.74, 6) is 0.0434. The van der Waals surface area contributed by atoms with E-state index >= 15 is 0 Å². The number of nitrogens with zero attached hydrogens (tertiary/aromatic N) is 1. The Morgan fingerprint density at radius 1 is 1.53 bits per heavy atom. The molecule has 0 saturated heterocycles. The van der Waals surface area contributed by atoms with Gasteiger partial charge in [0.2, 0.25) is 0 Å². The Morgan fingerprint density at radius 3 is 3.16 bits per heavy atom. The second-order valence-electron chi connectivity index (χ2n) is 4.66. The van der Waals surface area contributed by atoms with Crippen molar-refractivity contribution < 1.29 is 14.6 Å². The highest BCUT2D eigenvalue weighted by molar-refractivity contribution is 5.77.